The van der Waals surface area contributed by atoms with E-state index in [1.54, 1.807) is 11.9 Å². The fourth-order valence-corrected chi connectivity index (χ4v) is 1.25. The van der Waals surface area contributed by atoms with Crippen LogP contribution in [0, 0.1) is 0 Å². The van der Waals surface area contributed by atoms with Gasteiger partial charge in [-0.3, -0.25) is 9.59 Å². The molecule has 0 N–H and O–H groups in total. The minimum absolute atomic E-state index is 0.00675. The van der Waals surface area contributed by atoms with Gasteiger partial charge < -0.3 is 9.64 Å². The summed E-state index contributed by atoms with van der Waals surface area (Å²) in [7, 11) is 1.75. The molecule has 4 heteroatoms. The Bertz CT molecular complexity index is 243. The zero-order valence-corrected chi connectivity index (χ0v) is 11.0. The summed E-state index contributed by atoms with van der Waals surface area (Å²) in [4.78, 5) is 24.5. The molecular formula is C12H23NO3. The molecule has 0 fully saturated rings. The lowest BCUT2D eigenvalue weighted by Crippen LogP contribution is -2.29. The third-order valence-corrected chi connectivity index (χ3v) is 1.95. The van der Waals surface area contributed by atoms with E-state index < -0.39 is 5.60 Å². The maximum absolute atomic E-state index is 11.5. The van der Waals surface area contributed by atoms with Crippen molar-refractivity contribution in [3.8, 4) is 0 Å². The van der Waals surface area contributed by atoms with E-state index in [2.05, 4.69) is 0 Å². The first kappa shape index (κ1) is 14.9. The van der Waals surface area contributed by atoms with E-state index in [1.165, 1.54) is 0 Å². The number of carbonyl (C=O) groups is 2. The summed E-state index contributed by atoms with van der Waals surface area (Å²) in [5.74, 6) is -0.321. The summed E-state index contributed by atoms with van der Waals surface area (Å²) >= 11 is 0. The first-order valence-electron chi connectivity index (χ1n) is 5.72. The Morgan fingerprint density at radius 3 is 2.19 bits per heavy atom. The number of carbonyl (C=O) groups excluding carboxylic acids is 2. The number of ether oxygens (including phenoxy) is 1. The summed E-state index contributed by atoms with van der Waals surface area (Å²) < 4.78 is 5.12. The molecule has 1 amide bonds. The van der Waals surface area contributed by atoms with Gasteiger partial charge in [0, 0.05) is 20.0 Å². The van der Waals surface area contributed by atoms with Crippen LogP contribution in [0.4, 0.5) is 0 Å². The van der Waals surface area contributed by atoms with Gasteiger partial charge in [0.1, 0.15) is 5.60 Å². The van der Waals surface area contributed by atoms with Crippen molar-refractivity contribution >= 4 is 11.9 Å². The average molecular weight is 229 g/mol. The molecular weight excluding hydrogens is 206 g/mol. The van der Waals surface area contributed by atoms with Gasteiger partial charge in [0.15, 0.2) is 0 Å². The molecule has 0 atom stereocenters. The third-order valence-electron chi connectivity index (χ3n) is 1.95. The van der Waals surface area contributed by atoms with Crippen molar-refractivity contribution in [3.63, 3.8) is 0 Å². The normalized spacial score (nSPS) is 11.1. The molecule has 0 heterocycles. The molecule has 0 aliphatic rings. The second kappa shape index (κ2) is 6.51. The highest BCUT2D eigenvalue weighted by Crippen LogP contribution is 2.09. The summed E-state index contributed by atoms with van der Waals surface area (Å²) in [6.45, 7) is 8.19. The Morgan fingerprint density at radius 2 is 1.75 bits per heavy atom. The zero-order chi connectivity index (χ0) is 12.8. The summed E-state index contributed by atoms with van der Waals surface area (Å²) in [5.41, 5.74) is -0.477. The molecule has 4 nitrogen and oxygen atoms in total. The van der Waals surface area contributed by atoms with E-state index >= 15 is 0 Å². The molecule has 0 unspecified atom stereocenters. The minimum Gasteiger partial charge on any atom is -0.460 e. The summed E-state index contributed by atoms with van der Waals surface area (Å²) in [6.07, 6.45) is 1.31. The fraction of sp³-hybridized carbons (Fsp3) is 0.833. The Morgan fingerprint density at radius 1 is 1.19 bits per heavy atom. The number of nitrogens with zero attached hydrogens (tertiary/aromatic N) is 1. The van der Waals surface area contributed by atoms with Crippen LogP contribution in [-0.4, -0.2) is 36.0 Å². The van der Waals surface area contributed by atoms with Gasteiger partial charge in [-0.25, -0.2) is 0 Å². The van der Waals surface area contributed by atoms with Crippen molar-refractivity contribution in [1.29, 1.82) is 0 Å². The lowest BCUT2D eigenvalue weighted by molar-refractivity contribution is -0.156. The maximum atomic E-state index is 11.5. The van der Waals surface area contributed by atoms with E-state index in [-0.39, 0.29) is 24.7 Å². The molecule has 0 bridgehead atoms. The molecule has 16 heavy (non-hydrogen) atoms. The number of esters is 1. The van der Waals surface area contributed by atoms with E-state index in [9.17, 15) is 9.59 Å². The monoisotopic (exact) mass is 229 g/mol. The molecule has 94 valence electrons. The van der Waals surface area contributed by atoms with E-state index in [0.29, 0.717) is 0 Å². The topological polar surface area (TPSA) is 46.6 Å². The fourth-order valence-electron chi connectivity index (χ4n) is 1.25. The van der Waals surface area contributed by atoms with E-state index in [1.807, 2.05) is 27.7 Å². The Hall–Kier alpha value is -1.06. The predicted molar refractivity (Wildman–Crippen MR) is 63.0 cm³/mol. The lowest BCUT2D eigenvalue weighted by Gasteiger charge is -2.20. The number of amides is 1. The van der Waals surface area contributed by atoms with Gasteiger partial charge >= 0.3 is 5.97 Å². The average Bonchev–Trinajstić information content (AvgIpc) is 2.11. The SMILES string of the molecule is CCCN(C)C(=O)CCC(=O)OC(C)(C)C. The molecule has 0 saturated heterocycles. The van der Waals surface area contributed by atoms with Crippen LogP contribution in [0.15, 0.2) is 0 Å². The van der Waals surface area contributed by atoms with Crippen LogP contribution in [0.5, 0.6) is 0 Å². The van der Waals surface area contributed by atoms with Gasteiger partial charge in [-0.15, -0.1) is 0 Å². The Labute approximate surface area is 98.0 Å². The highest BCUT2D eigenvalue weighted by atomic mass is 16.6. The van der Waals surface area contributed by atoms with Gasteiger partial charge in [-0.2, -0.15) is 0 Å². The van der Waals surface area contributed by atoms with Gasteiger partial charge in [0.2, 0.25) is 5.91 Å². The molecule has 0 aliphatic carbocycles. The quantitative estimate of drug-likeness (QED) is 0.677. The van der Waals surface area contributed by atoms with Crippen LogP contribution >= 0.6 is 0 Å². The molecule has 0 aromatic rings. The number of hydrogen-bond acceptors (Lipinski definition) is 3. The Kier molecular flexibility index (Phi) is 6.08. The highest BCUT2D eigenvalue weighted by Gasteiger charge is 2.17. The van der Waals surface area contributed by atoms with Crippen molar-refractivity contribution in [2.75, 3.05) is 13.6 Å². The van der Waals surface area contributed by atoms with Crippen LogP contribution in [0.25, 0.3) is 0 Å². The smallest absolute Gasteiger partial charge is 0.306 e. The summed E-state index contributed by atoms with van der Waals surface area (Å²) in [5, 5.41) is 0. The molecule has 0 aliphatic heterocycles. The third kappa shape index (κ3) is 7.26. The Balaban J connectivity index is 3.88. The first-order chi connectivity index (χ1) is 7.26. The van der Waals surface area contributed by atoms with E-state index in [4.69, 9.17) is 4.74 Å². The zero-order valence-electron chi connectivity index (χ0n) is 11.0. The first-order valence-corrected chi connectivity index (χ1v) is 5.72. The van der Waals surface area contributed by atoms with Gasteiger partial charge in [-0.1, -0.05) is 6.92 Å². The van der Waals surface area contributed by atoms with Crippen molar-refractivity contribution in [2.45, 2.75) is 52.6 Å². The van der Waals surface area contributed by atoms with Crippen LogP contribution in [0.1, 0.15) is 47.0 Å². The van der Waals surface area contributed by atoms with Crippen molar-refractivity contribution in [3.05, 3.63) is 0 Å². The lowest BCUT2D eigenvalue weighted by atomic mass is 10.2. The van der Waals surface area contributed by atoms with Crippen molar-refractivity contribution in [1.82, 2.24) is 4.90 Å². The molecule has 0 spiro atoms. The highest BCUT2D eigenvalue weighted by molar-refractivity contribution is 5.81. The van der Waals surface area contributed by atoms with Crippen molar-refractivity contribution in [2.24, 2.45) is 0 Å². The van der Waals surface area contributed by atoms with Gasteiger partial charge in [-0.05, 0) is 27.2 Å². The second-order valence-electron chi connectivity index (χ2n) is 4.90. The van der Waals surface area contributed by atoms with Gasteiger partial charge in [0.25, 0.3) is 0 Å². The molecule has 0 rings (SSSR count). The van der Waals surface area contributed by atoms with Crippen molar-refractivity contribution < 1.29 is 14.3 Å². The molecule has 0 aromatic carbocycles. The van der Waals surface area contributed by atoms with Crippen LogP contribution in [-0.2, 0) is 14.3 Å². The van der Waals surface area contributed by atoms with Crippen LogP contribution < -0.4 is 0 Å². The standard InChI is InChI=1S/C12H23NO3/c1-6-9-13(5)10(14)7-8-11(15)16-12(2,3)4/h6-9H2,1-5H3. The van der Waals surface area contributed by atoms with Crippen LogP contribution in [0.3, 0.4) is 0 Å². The van der Waals surface area contributed by atoms with E-state index in [0.717, 1.165) is 13.0 Å². The number of rotatable bonds is 5. The molecule has 0 radical (unpaired) electrons. The second-order valence-corrected chi connectivity index (χ2v) is 4.90. The van der Waals surface area contributed by atoms with Crippen LogP contribution in [0.2, 0.25) is 0 Å². The molecule has 0 saturated carbocycles. The predicted octanol–water partition coefficient (Wildman–Crippen LogP) is 1.98. The maximum Gasteiger partial charge on any atom is 0.306 e. The molecule has 0 aromatic heterocycles. The largest absolute Gasteiger partial charge is 0.460 e. The minimum atomic E-state index is -0.477. The summed E-state index contributed by atoms with van der Waals surface area (Å²) in [6, 6.07) is 0. The number of hydrogen-bond donors (Lipinski definition) is 0. The van der Waals surface area contributed by atoms with Gasteiger partial charge in [0.05, 0.1) is 6.42 Å².